The number of ether oxygens (including phenoxy) is 4. The van der Waals surface area contributed by atoms with Crippen LogP contribution in [0.2, 0.25) is 0 Å². The third-order valence-electron chi connectivity index (χ3n) is 16.9. The van der Waals surface area contributed by atoms with Gasteiger partial charge in [0.1, 0.15) is 48.1 Å². The second kappa shape index (κ2) is 30.7. The molecule has 3 saturated heterocycles. The maximum absolute atomic E-state index is 13.3. The molecule has 3 aliphatic heterocycles. The minimum absolute atomic E-state index is 0.00557. The molecule has 2 aliphatic carbocycles. The summed E-state index contributed by atoms with van der Waals surface area (Å²) >= 11 is 0. The fourth-order valence-corrected chi connectivity index (χ4v) is 11.7. The maximum atomic E-state index is 13.3. The number of pyridine rings is 2. The number of imide groups is 3. The molecule has 4 atom stereocenters. The predicted octanol–water partition coefficient (Wildman–Crippen LogP) is 8.34. The second-order valence-corrected chi connectivity index (χ2v) is 26.2. The number of benzene rings is 2. The molecule has 7 amide bonds. The zero-order valence-corrected chi connectivity index (χ0v) is 56.2. The van der Waals surface area contributed by atoms with E-state index >= 15 is 0 Å². The quantitative estimate of drug-likeness (QED) is 0.0356. The number of hydroxylamine groups is 6. The average Bonchev–Trinajstić information content (AvgIpc) is 1.58. The average molecular weight is 1360 g/mol. The first-order valence-electron chi connectivity index (χ1n) is 32.6. The van der Waals surface area contributed by atoms with E-state index in [9.17, 15) is 58.2 Å². The van der Waals surface area contributed by atoms with Crippen LogP contribution in [0.4, 0.5) is 21.2 Å². The molecule has 0 saturated carbocycles. The predicted molar refractivity (Wildman–Crippen MR) is 350 cm³/mol. The molecule has 4 aromatic heterocycles. The van der Waals surface area contributed by atoms with Crippen LogP contribution in [-0.4, -0.2) is 151 Å². The smallest absolute Gasteiger partial charge is 0.442 e. The van der Waals surface area contributed by atoms with Gasteiger partial charge < -0.3 is 53.7 Å². The molecule has 5 N–H and O–H groups in total. The number of hydrogen-bond donors (Lipinski definition) is 4. The summed E-state index contributed by atoms with van der Waals surface area (Å²) in [5.41, 5.74) is 6.27. The first kappa shape index (κ1) is 72.5. The Labute approximate surface area is 563 Å². The van der Waals surface area contributed by atoms with E-state index in [0.717, 1.165) is 27.6 Å². The number of aromatic nitrogens is 6. The summed E-state index contributed by atoms with van der Waals surface area (Å²) in [6.45, 7) is 16.4. The van der Waals surface area contributed by atoms with Gasteiger partial charge in [-0.2, -0.15) is 0 Å². The summed E-state index contributed by atoms with van der Waals surface area (Å²) in [5, 5.41) is 27.0. The number of nitrogens with two attached hydrogens (primary N) is 1. The Morgan fingerprint density at radius 1 is 0.561 bits per heavy atom. The number of para-hydroxylation sites is 2. The van der Waals surface area contributed by atoms with Gasteiger partial charge in [0.15, 0.2) is 11.6 Å². The van der Waals surface area contributed by atoms with Crippen molar-refractivity contribution in [3.8, 4) is 0 Å². The van der Waals surface area contributed by atoms with Gasteiger partial charge in [0.25, 0.3) is 35.4 Å². The van der Waals surface area contributed by atoms with Crippen LogP contribution in [0.3, 0.4) is 0 Å². The Morgan fingerprint density at radius 3 is 1.40 bits per heavy atom. The molecular weight excluding hydrogens is 1270 g/mol. The molecule has 30 heteroatoms. The lowest BCUT2D eigenvalue weighted by Crippen LogP contribution is -2.40. The molecule has 6 aromatic rings. The van der Waals surface area contributed by atoms with Crippen molar-refractivity contribution in [1.29, 1.82) is 0 Å². The van der Waals surface area contributed by atoms with Crippen molar-refractivity contribution in [3.05, 3.63) is 84.5 Å². The van der Waals surface area contributed by atoms with Crippen molar-refractivity contribution >= 4 is 115 Å². The first-order valence-corrected chi connectivity index (χ1v) is 32.6. The number of aliphatic hydroxyl groups is 2. The molecule has 0 spiro atoms. The van der Waals surface area contributed by atoms with E-state index in [0.29, 0.717) is 114 Å². The largest absolute Gasteiger partial charge is 0.534 e. The third-order valence-corrected chi connectivity index (χ3v) is 16.9. The van der Waals surface area contributed by atoms with Crippen LogP contribution in [-0.2, 0) is 98.1 Å². The lowest BCUT2D eigenvalue weighted by atomic mass is 9.79. The van der Waals surface area contributed by atoms with Crippen LogP contribution in [0.1, 0.15) is 157 Å². The minimum Gasteiger partial charge on any atom is -0.442 e. The second-order valence-electron chi connectivity index (χ2n) is 26.2. The van der Waals surface area contributed by atoms with Crippen molar-refractivity contribution in [2.45, 2.75) is 195 Å². The summed E-state index contributed by atoms with van der Waals surface area (Å²) in [5.74, 6) is -2.89. The summed E-state index contributed by atoms with van der Waals surface area (Å²) in [4.78, 5) is 155. The van der Waals surface area contributed by atoms with Crippen molar-refractivity contribution < 1.29 is 91.6 Å². The van der Waals surface area contributed by atoms with E-state index < -0.39 is 93.9 Å². The number of hydrogen-bond acceptors (Lipinski definition) is 24. The lowest BCUT2D eigenvalue weighted by Gasteiger charge is -2.30. The first-order chi connectivity index (χ1) is 46.5. The molecule has 30 nitrogen and oxygen atoms in total. The topological polar surface area (TPSA) is 385 Å². The molecule has 0 radical (unpaired) electrons. The third kappa shape index (κ3) is 17.5. The number of nitrogens with one attached hydrogen (secondary N) is 1. The molecule has 524 valence electrons. The Hall–Kier alpha value is -9.78. The summed E-state index contributed by atoms with van der Waals surface area (Å²) in [6, 6.07) is 15.3. The fraction of sp³-hybridized carbons (Fsp3) is 0.500. The SMILES string of the molecule is CC1(C(=O)ON2C(=O)CCC2=O)CC/C=C/C(OC(=O)ON2C(=O)CCC2=O)CC1.CCOCc1nc2c(N)nc3ccccc3c2n1CC(C)(C)O.CCOCc1nc2c(NC(=O)OC3/C=C/CCC(C)(C(=O)ON4C(=O)CCC4=O)CC3)nc3ccccc3c2n1CC(C)(C)O. The van der Waals surface area contributed by atoms with Crippen LogP contribution in [0.15, 0.2) is 72.8 Å². The minimum atomic E-state index is -1.20. The maximum Gasteiger partial charge on any atom is 0.534 e. The van der Waals surface area contributed by atoms with Crippen LogP contribution < -0.4 is 11.1 Å². The Bertz CT molecular complexity index is 4080. The number of rotatable bonds is 18. The molecule has 3 fully saturated rings. The highest BCUT2D eigenvalue weighted by atomic mass is 16.8. The van der Waals surface area contributed by atoms with Gasteiger partial charge in [0, 0.05) is 62.5 Å². The number of imidazole rings is 2. The number of nitrogens with zero attached hydrogens (tertiary/aromatic N) is 9. The van der Waals surface area contributed by atoms with Gasteiger partial charge in [0.2, 0.25) is 0 Å². The Balaban J connectivity index is 0.000000183. The molecule has 98 heavy (non-hydrogen) atoms. The van der Waals surface area contributed by atoms with E-state index in [4.69, 9.17) is 39.3 Å². The van der Waals surface area contributed by atoms with Gasteiger partial charge in [-0.05, 0) is 131 Å². The molecule has 5 aliphatic rings. The van der Waals surface area contributed by atoms with E-state index in [1.54, 1.807) is 59.8 Å². The van der Waals surface area contributed by atoms with Gasteiger partial charge in [-0.15, -0.1) is 10.1 Å². The van der Waals surface area contributed by atoms with E-state index in [1.807, 2.05) is 77.6 Å². The normalized spacial score (nSPS) is 21.4. The zero-order chi connectivity index (χ0) is 70.9. The van der Waals surface area contributed by atoms with Gasteiger partial charge >= 0.3 is 24.2 Å². The van der Waals surface area contributed by atoms with Gasteiger partial charge in [-0.1, -0.05) is 53.6 Å². The number of carbonyl (C=O) groups excluding carboxylic acids is 10. The molecule has 0 bridgehead atoms. The number of nitrogen functional groups attached to an aromatic ring is 1. The summed E-state index contributed by atoms with van der Waals surface area (Å²) < 4.78 is 26.0. The van der Waals surface area contributed by atoms with Crippen LogP contribution >= 0.6 is 0 Å². The Kier molecular flexibility index (Phi) is 22.7. The standard InChI is InChI=1S/C32H39N5O8.C19H22N2O9.C17H22N4O2/c1-5-43-18-23-34-26-27(36(23)19-31(2,3)42)21-11-6-7-12-22(21)33-28(26)35-30(41)44-20-10-8-9-16-32(4,17-15-20)29(40)45-37-24(38)13-14-25(37)39;1-19(17(26)29-20-13(22)5-6-14(20)23)10-3-2-4-12(9-11-19)28-18(27)30-21-15(24)7-8-16(21)25;1-4-23-9-13-20-14-15(21(13)10-17(2,3)22)11-7-5-6-8-12(11)19-16(14)18/h6-8,10-12,20,42H,5,9,13-19H2,1-4H3,(H,33,35,41);2,4,12H,3,5-11H2,1H3;5-8,22H,4,9-10H2,1-3H3,(H2,18,19)/b10-8+;4-2+;. The number of fused-ring (bicyclic) bond motifs is 6. The highest BCUT2D eigenvalue weighted by Gasteiger charge is 2.44. The van der Waals surface area contributed by atoms with Crippen molar-refractivity contribution in [2.75, 3.05) is 24.3 Å². The van der Waals surface area contributed by atoms with Gasteiger partial charge in [-0.3, -0.25) is 38.9 Å². The van der Waals surface area contributed by atoms with E-state index in [1.165, 1.54) is 0 Å². The van der Waals surface area contributed by atoms with Gasteiger partial charge in [0.05, 0.1) is 57.2 Å². The van der Waals surface area contributed by atoms with Gasteiger partial charge in [-0.25, -0.2) is 39.1 Å². The molecule has 4 unspecified atom stereocenters. The molecule has 11 rings (SSSR count). The molecule has 2 aromatic carbocycles. The number of carbonyl (C=O) groups is 10. The highest BCUT2D eigenvalue weighted by molar-refractivity contribution is 6.10. The summed E-state index contributed by atoms with van der Waals surface area (Å²) in [6.07, 6.45) is 6.45. The monoisotopic (exact) mass is 1360 g/mol. The van der Waals surface area contributed by atoms with Crippen molar-refractivity contribution in [1.82, 2.24) is 44.3 Å². The Morgan fingerprint density at radius 2 is 0.959 bits per heavy atom. The van der Waals surface area contributed by atoms with Crippen LogP contribution in [0, 0.1) is 10.8 Å². The number of anilines is 2. The van der Waals surface area contributed by atoms with Crippen LogP contribution in [0.5, 0.6) is 0 Å². The van der Waals surface area contributed by atoms with Crippen LogP contribution in [0.25, 0.3) is 43.9 Å². The van der Waals surface area contributed by atoms with Crippen molar-refractivity contribution in [2.24, 2.45) is 10.8 Å². The highest BCUT2D eigenvalue weighted by Crippen LogP contribution is 2.38. The van der Waals surface area contributed by atoms with Crippen molar-refractivity contribution in [3.63, 3.8) is 0 Å². The molecule has 7 heterocycles. The van der Waals surface area contributed by atoms with E-state index in [2.05, 4.69) is 25.1 Å². The molecular formula is C68H83N11O19. The lowest BCUT2D eigenvalue weighted by molar-refractivity contribution is -0.205. The number of amides is 7. The number of allylic oxidation sites excluding steroid dienone is 2. The summed E-state index contributed by atoms with van der Waals surface area (Å²) in [7, 11) is 0. The zero-order valence-electron chi connectivity index (χ0n) is 56.2. The van der Waals surface area contributed by atoms with E-state index in [-0.39, 0.29) is 70.3 Å². The fourth-order valence-electron chi connectivity index (χ4n) is 11.7.